The Labute approximate surface area is 105 Å². The van der Waals surface area contributed by atoms with Gasteiger partial charge in [-0.2, -0.15) is 0 Å². The van der Waals surface area contributed by atoms with Crippen molar-refractivity contribution in [2.75, 3.05) is 0 Å². The Morgan fingerprint density at radius 3 is 2.53 bits per heavy atom. The van der Waals surface area contributed by atoms with Crippen molar-refractivity contribution in [2.24, 2.45) is 23.7 Å². The fourth-order valence-electron chi connectivity index (χ4n) is 5.09. The first-order chi connectivity index (χ1) is 7.83. The summed E-state index contributed by atoms with van der Waals surface area (Å²) >= 11 is 0. The van der Waals surface area contributed by atoms with Gasteiger partial charge in [0.05, 0.1) is 17.3 Å². The highest BCUT2D eigenvalue weighted by molar-refractivity contribution is 5.08. The van der Waals surface area contributed by atoms with Crippen LogP contribution in [0.5, 0.6) is 0 Å². The lowest BCUT2D eigenvalue weighted by Gasteiger charge is -2.48. The molecule has 2 bridgehead atoms. The molecule has 1 N–H and O–H groups in total. The molecule has 0 radical (unpaired) electrons. The summed E-state index contributed by atoms with van der Waals surface area (Å²) in [6, 6.07) is 0. The van der Waals surface area contributed by atoms with E-state index in [0.717, 1.165) is 12.8 Å². The number of hydrogen-bond donors (Lipinski definition) is 1. The minimum Gasteiger partial charge on any atom is -0.393 e. The third-order valence-corrected chi connectivity index (χ3v) is 5.95. The van der Waals surface area contributed by atoms with Gasteiger partial charge in [-0.3, -0.25) is 0 Å². The van der Waals surface area contributed by atoms with E-state index >= 15 is 0 Å². The molecule has 0 spiro atoms. The van der Waals surface area contributed by atoms with E-state index < -0.39 is 0 Å². The predicted molar refractivity (Wildman–Crippen MR) is 67.7 cm³/mol. The maximum atomic E-state index is 10.4. The van der Waals surface area contributed by atoms with Gasteiger partial charge in [0.1, 0.15) is 0 Å². The number of ether oxygens (including phenoxy) is 1. The maximum Gasteiger partial charge on any atom is 0.0717 e. The maximum absolute atomic E-state index is 10.4. The highest BCUT2D eigenvalue weighted by atomic mass is 16.5. The molecule has 0 amide bonds. The van der Waals surface area contributed by atoms with E-state index in [4.69, 9.17) is 4.74 Å². The van der Waals surface area contributed by atoms with Gasteiger partial charge < -0.3 is 9.84 Å². The van der Waals surface area contributed by atoms with E-state index in [1.54, 1.807) is 0 Å². The fourth-order valence-corrected chi connectivity index (χ4v) is 5.09. The monoisotopic (exact) mass is 238 g/mol. The molecule has 6 atom stereocenters. The van der Waals surface area contributed by atoms with Crippen LogP contribution in [0.25, 0.3) is 0 Å². The summed E-state index contributed by atoms with van der Waals surface area (Å²) in [6.45, 7) is 9.05. The molecule has 4 fully saturated rings. The minimum atomic E-state index is -0.146. The van der Waals surface area contributed by atoms with E-state index in [2.05, 4.69) is 27.7 Å². The zero-order valence-electron chi connectivity index (χ0n) is 11.6. The normalized spacial score (nSPS) is 56.6. The molecule has 0 aromatic carbocycles. The van der Waals surface area contributed by atoms with E-state index in [-0.39, 0.29) is 17.3 Å². The third kappa shape index (κ3) is 1.60. The van der Waals surface area contributed by atoms with E-state index in [0.29, 0.717) is 23.7 Å². The van der Waals surface area contributed by atoms with Crippen LogP contribution in [0.3, 0.4) is 0 Å². The number of rotatable bonds is 0. The second-order valence-electron chi connectivity index (χ2n) is 7.46. The van der Waals surface area contributed by atoms with Gasteiger partial charge in [0.25, 0.3) is 0 Å². The SMILES string of the molecule is CC1C[C@@H](O)C2[C@@H]1C[C@@H]1CC[C@]2(C)OC1(C)C. The Morgan fingerprint density at radius 1 is 1.18 bits per heavy atom. The van der Waals surface area contributed by atoms with Gasteiger partial charge in [-0.1, -0.05) is 6.92 Å². The standard InChI is InChI=1S/C15H26O2/c1-9-7-12(16)13-11(9)8-10-5-6-15(13,4)17-14(10,2)3/h9-13,16H,5-8H2,1-4H3/t9?,10-,11+,12+,13?,15-/m0/s1. The molecule has 2 unspecified atom stereocenters. The van der Waals surface area contributed by atoms with Crippen LogP contribution in [-0.2, 0) is 4.74 Å². The molecule has 2 nitrogen and oxygen atoms in total. The van der Waals surface area contributed by atoms with Crippen molar-refractivity contribution < 1.29 is 9.84 Å². The van der Waals surface area contributed by atoms with Gasteiger partial charge in [0, 0.05) is 5.92 Å². The molecule has 0 aromatic rings. The van der Waals surface area contributed by atoms with Crippen molar-refractivity contribution in [2.45, 2.75) is 70.7 Å². The van der Waals surface area contributed by atoms with Gasteiger partial charge in [-0.25, -0.2) is 0 Å². The largest absolute Gasteiger partial charge is 0.393 e. The summed E-state index contributed by atoms with van der Waals surface area (Å²) in [6.07, 6.45) is 4.49. The van der Waals surface area contributed by atoms with Gasteiger partial charge in [-0.05, 0) is 64.2 Å². The Kier molecular flexibility index (Phi) is 2.45. The smallest absolute Gasteiger partial charge is 0.0717 e. The molecule has 2 aliphatic heterocycles. The average Bonchev–Trinajstić information content (AvgIpc) is 2.36. The summed E-state index contributed by atoms with van der Waals surface area (Å²) in [5.41, 5.74) is -0.0951. The topological polar surface area (TPSA) is 29.5 Å². The van der Waals surface area contributed by atoms with Crippen LogP contribution in [0, 0.1) is 23.7 Å². The van der Waals surface area contributed by atoms with Crippen molar-refractivity contribution in [3.63, 3.8) is 0 Å². The molecule has 98 valence electrons. The molecule has 2 saturated heterocycles. The first-order valence-corrected chi connectivity index (χ1v) is 7.22. The molecule has 2 heterocycles. The summed E-state index contributed by atoms with van der Waals surface area (Å²) < 4.78 is 6.46. The Balaban J connectivity index is 2.01. The van der Waals surface area contributed by atoms with E-state index in [1.165, 1.54) is 12.8 Å². The van der Waals surface area contributed by atoms with Crippen LogP contribution in [-0.4, -0.2) is 22.4 Å². The van der Waals surface area contributed by atoms with Crippen molar-refractivity contribution in [1.29, 1.82) is 0 Å². The minimum absolute atomic E-state index is 0.00319. The van der Waals surface area contributed by atoms with Gasteiger partial charge in [0.2, 0.25) is 0 Å². The van der Waals surface area contributed by atoms with Crippen molar-refractivity contribution in [3.05, 3.63) is 0 Å². The van der Waals surface area contributed by atoms with Gasteiger partial charge in [0.15, 0.2) is 0 Å². The molecule has 4 rings (SSSR count). The predicted octanol–water partition coefficient (Wildman–Crippen LogP) is 2.99. The summed E-state index contributed by atoms with van der Waals surface area (Å²) in [4.78, 5) is 0. The van der Waals surface area contributed by atoms with Crippen LogP contribution in [0.15, 0.2) is 0 Å². The lowest BCUT2D eigenvalue weighted by Crippen LogP contribution is -2.51. The van der Waals surface area contributed by atoms with Gasteiger partial charge >= 0.3 is 0 Å². The zero-order valence-corrected chi connectivity index (χ0v) is 11.6. The number of fused-ring (bicyclic) bond motifs is 2. The first kappa shape index (κ1) is 12.0. The molecule has 17 heavy (non-hydrogen) atoms. The van der Waals surface area contributed by atoms with Crippen molar-refractivity contribution >= 4 is 0 Å². The van der Waals surface area contributed by atoms with Gasteiger partial charge in [-0.15, -0.1) is 0 Å². The Morgan fingerprint density at radius 2 is 1.88 bits per heavy atom. The summed E-state index contributed by atoms with van der Waals surface area (Å²) in [7, 11) is 0. The highest BCUT2D eigenvalue weighted by Gasteiger charge is 2.59. The molecule has 4 aliphatic rings. The quantitative estimate of drug-likeness (QED) is 0.703. The molecular formula is C15H26O2. The molecule has 2 saturated carbocycles. The second-order valence-corrected chi connectivity index (χ2v) is 7.46. The highest BCUT2D eigenvalue weighted by Crippen LogP contribution is 2.58. The van der Waals surface area contributed by atoms with Crippen LogP contribution in [0.2, 0.25) is 0 Å². The van der Waals surface area contributed by atoms with Crippen molar-refractivity contribution in [1.82, 2.24) is 0 Å². The Hall–Kier alpha value is -0.0800. The molecule has 0 aromatic heterocycles. The summed E-state index contributed by atoms with van der Waals surface area (Å²) in [5.74, 6) is 2.37. The Bertz CT molecular complexity index is 325. The molecular weight excluding hydrogens is 212 g/mol. The zero-order chi connectivity index (χ0) is 12.4. The van der Waals surface area contributed by atoms with Crippen LogP contribution < -0.4 is 0 Å². The average molecular weight is 238 g/mol. The van der Waals surface area contributed by atoms with Crippen molar-refractivity contribution in [3.8, 4) is 0 Å². The first-order valence-electron chi connectivity index (χ1n) is 7.22. The van der Waals surface area contributed by atoms with E-state index in [1.807, 2.05) is 0 Å². The van der Waals surface area contributed by atoms with E-state index in [9.17, 15) is 5.11 Å². The molecule has 2 aliphatic carbocycles. The second kappa shape index (κ2) is 3.48. The van der Waals surface area contributed by atoms with Crippen LogP contribution >= 0.6 is 0 Å². The lowest BCUT2D eigenvalue weighted by atomic mass is 9.77. The number of aliphatic hydroxyl groups excluding tert-OH is 1. The third-order valence-electron chi connectivity index (χ3n) is 5.95. The lowest BCUT2D eigenvalue weighted by molar-refractivity contribution is -0.209. The van der Waals surface area contributed by atoms with Crippen LogP contribution in [0.1, 0.15) is 53.4 Å². The number of aliphatic hydroxyl groups is 1. The van der Waals surface area contributed by atoms with Crippen LogP contribution in [0.4, 0.5) is 0 Å². The summed E-state index contributed by atoms with van der Waals surface area (Å²) in [5, 5.41) is 10.4. The number of hydrogen-bond acceptors (Lipinski definition) is 2. The fraction of sp³-hybridized carbons (Fsp3) is 1.00. The molecule has 2 heteroatoms.